The maximum absolute atomic E-state index is 15.2. The standard InChI is InChI=1S/C40H43F5N8O6/c1-22(2)59-31-18-34-47-29(21-53(34)20-24(31)37(56)49-33-5-3-4-32(48-33)40(43,44)45)23-8-12-52(13-9-23)36(55)19-39(58)10-14-51(15-11-39)30-17-25(41)28(16-26(30)42)46-27-6-7-35(54)50-38(27)57/h3-5,16-18,20-23,27,46,58H,6-15,19H2,1-2H3,(H,48,49,56)(H,50,54,57). The Labute approximate surface area is 335 Å². The molecule has 3 saturated heterocycles. The van der Waals surface area contributed by atoms with E-state index in [1.807, 2.05) is 0 Å². The van der Waals surface area contributed by atoms with Crippen molar-refractivity contribution in [2.75, 3.05) is 41.7 Å². The van der Waals surface area contributed by atoms with Crippen LogP contribution < -0.4 is 25.6 Å². The van der Waals surface area contributed by atoms with Crippen LogP contribution >= 0.6 is 0 Å². The number of rotatable bonds is 10. The number of imidazole rings is 1. The number of benzene rings is 1. The van der Waals surface area contributed by atoms with E-state index in [1.54, 1.807) is 40.3 Å². The summed E-state index contributed by atoms with van der Waals surface area (Å²) in [6.45, 7) is 4.69. The van der Waals surface area contributed by atoms with E-state index >= 15 is 8.78 Å². The van der Waals surface area contributed by atoms with Gasteiger partial charge in [0.15, 0.2) is 0 Å². The lowest BCUT2D eigenvalue weighted by atomic mass is 9.86. The maximum Gasteiger partial charge on any atom is 0.433 e. The second kappa shape index (κ2) is 16.4. The molecule has 1 atom stereocenters. The van der Waals surface area contributed by atoms with Gasteiger partial charge in [-0.15, -0.1) is 0 Å². The zero-order chi connectivity index (χ0) is 42.2. The number of aliphatic hydroxyl groups is 1. The summed E-state index contributed by atoms with van der Waals surface area (Å²) in [5.41, 5.74) is -1.43. The molecule has 3 aliphatic heterocycles. The van der Waals surface area contributed by atoms with E-state index in [1.165, 1.54) is 12.3 Å². The molecule has 3 fully saturated rings. The number of alkyl halides is 3. The van der Waals surface area contributed by atoms with Gasteiger partial charge in [0, 0.05) is 69.1 Å². The Morgan fingerprint density at radius 3 is 2.41 bits per heavy atom. The minimum Gasteiger partial charge on any atom is -0.490 e. The van der Waals surface area contributed by atoms with Crippen molar-refractivity contribution in [2.24, 2.45) is 0 Å². The molecule has 6 heterocycles. The molecule has 314 valence electrons. The first-order valence-electron chi connectivity index (χ1n) is 19.3. The molecule has 19 heteroatoms. The number of halogens is 5. The van der Waals surface area contributed by atoms with Gasteiger partial charge in [-0.05, 0) is 58.1 Å². The van der Waals surface area contributed by atoms with Gasteiger partial charge in [-0.25, -0.2) is 18.7 Å². The Balaban J connectivity index is 0.943. The summed E-state index contributed by atoms with van der Waals surface area (Å²) in [5.74, 6) is -3.61. The van der Waals surface area contributed by atoms with Gasteiger partial charge in [-0.1, -0.05) is 6.07 Å². The molecule has 14 nitrogen and oxygen atoms in total. The number of pyridine rings is 2. The highest BCUT2D eigenvalue weighted by Gasteiger charge is 2.38. The highest BCUT2D eigenvalue weighted by atomic mass is 19.4. The maximum atomic E-state index is 15.2. The van der Waals surface area contributed by atoms with E-state index in [9.17, 15) is 37.5 Å². The SMILES string of the molecule is CC(C)Oc1cc2nc(C3CCN(C(=O)CC4(O)CCN(c5cc(F)c(NC6CCC(=O)NC6=O)cc5F)CC4)CC3)cn2cc1C(=O)Nc1cccc(C(F)(F)F)n1. The number of anilines is 3. The van der Waals surface area contributed by atoms with E-state index in [0.29, 0.717) is 31.6 Å². The Morgan fingerprint density at radius 1 is 1.00 bits per heavy atom. The quantitative estimate of drug-likeness (QED) is 0.120. The predicted molar refractivity (Wildman–Crippen MR) is 204 cm³/mol. The summed E-state index contributed by atoms with van der Waals surface area (Å²) in [6, 6.07) is 5.91. The minimum atomic E-state index is -4.69. The number of ether oxygens (including phenoxy) is 1. The van der Waals surface area contributed by atoms with E-state index in [2.05, 4.69) is 20.9 Å². The molecule has 3 aromatic heterocycles. The van der Waals surface area contributed by atoms with E-state index in [0.717, 1.165) is 30.0 Å². The fraction of sp³-hybridized carbons (Fsp3) is 0.450. The Bertz CT molecular complexity index is 2270. The largest absolute Gasteiger partial charge is 0.490 e. The van der Waals surface area contributed by atoms with Crippen LogP contribution in [0.15, 0.2) is 48.8 Å². The monoisotopic (exact) mass is 826 g/mol. The number of hydrogen-bond acceptors (Lipinski definition) is 10. The first kappa shape index (κ1) is 41.3. The van der Waals surface area contributed by atoms with Crippen LogP contribution in [0.4, 0.5) is 39.1 Å². The third-order valence-electron chi connectivity index (χ3n) is 10.8. The van der Waals surface area contributed by atoms with Gasteiger partial charge >= 0.3 is 6.18 Å². The molecule has 1 unspecified atom stereocenters. The number of carbonyl (C=O) groups excluding carboxylic acids is 4. The molecule has 0 bridgehead atoms. The Hall–Kier alpha value is -5.85. The minimum absolute atomic E-state index is 0.00526. The Morgan fingerprint density at radius 2 is 1.73 bits per heavy atom. The first-order chi connectivity index (χ1) is 27.9. The van der Waals surface area contributed by atoms with Crippen molar-refractivity contribution in [1.29, 1.82) is 0 Å². The van der Waals surface area contributed by atoms with E-state index in [4.69, 9.17) is 9.72 Å². The van der Waals surface area contributed by atoms with Crippen molar-refractivity contribution >= 4 is 46.5 Å². The van der Waals surface area contributed by atoms with Gasteiger partial charge in [0.1, 0.15) is 40.6 Å². The number of aromatic nitrogens is 3. The number of hydrogen-bond donors (Lipinski definition) is 4. The van der Waals surface area contributed by atoms with Crippen molar-refractivity contribution in [3.8, 4) is 5.75 Å². The lowest BCUT2D eigenvalue weighted by molar-refractivity contribution is -0.141. The lowest BCUT2D eigenvalue weighted by Gasteiger charge is -2.40. The van der Waals surface area contributed by atoms with Gasteiger partial charge in [0.2, 0.25) is 17.7 Å². The number of imide groups is 1. The summed E-state index contributed by atoms with van der Waals surface area (Å²) in [4.78, 5) is 61.9. The number of likely N-dealkylation sites (tertiary alicyclic amines) is 1. The molecular formula is C40H43F5N8O6. The fourth-order valence-corrected chi connectivity index (χ4v) is 7.67. The smallest absolute Gasteiger partial charge is 0.433 e. The number of fused-ring (bicyclic) bond motifs is 1. The Kier molecular flexibility index (Phi) is 11.5. The van der Waals surface area contributed by atoms with Crippen LogP contribution in [0.25, 0.3) is 5.65 Å². The highest BCUT2D eigenvalue weighted by Crippen LogP contribution is 2.35. The van der Waals surface area contributed by atoms with Crippen LogP contribution in [-0.2, 0) is 20.6 Å². The number of carbonyl (C=O) groups is 4. The first-order valence-corrected chi connectivity index (χ1v) is 19.3. The zero-order valence-corrected chi connectivity index (χ0v) is 32.2. The molecule has 0 aliphatic carbocycles. The van der Waals surface area contributed by atoms with Gasteiger partial charge in [0.25, 0.3) is 5.91 Å². The third-order valence-corrected chi connectivity index (χ3v) is 10.8. The lowest BCUT2D eigenvalue weighted by Crippen LogP contribution is -2.49. The van der Waals surface area contributed by atoms with Crippen LogP contribution in [-0.4, -0.2) is 91.9 Å². The van der Waals surface area contributed by atoms with Crippen molar-refractivity contribution < 1.29 is 51.0 Å². The fourth-order valence-electron chi connectivity index (χ4n) is 7.67. The van der Waals surface area contributed by atoms with Crippen molar-refractivity contribution in [2.45, 2.75) is 88.6 Å². The van der Waals surface area contributed by atoms with Crippen molar-refractivity contribution in [1.82, 2.24) is 24.6 Å². The average Bonchev–Trinajstić information content (AvgIpc) is 3.60. The number of amides is 4. The molecule has 59 heavy (non-hydrogen) atoms. The third kappa shape index (κ3) is 9.40. The van der Waals surface area contributed by atoms with Gasteiger partial charge in [0.05, 0.1) is 40.8 Å². The summed E-state index contributed by atoms with van der Waals surface area (Å²) < 4.78 is 77.5. The van der Waals surface area contributed by atoms with E-state index < -0.39 is 52.9 Å². The summed E-state index contributed by atoms with van der Waals surface area (Å²) >= 11 is 0. The molecule has 4 N–H and O–H groups in total. The normalized spacial score (nSPS) is 18.9. The van der Waals surface area contributed by atoms with Crippen LogP contribution in [0.2, 0.25) is 0 Å². The van der Waals surface area contributed by atoms with E-state index in [-0.39, 0.29) is 91.6 Å². The van der Waals surface area contributed by atoms with Gasteiger partial charge in [-0.3, -0.25) is 24.5 Å². The average molecular weight is 827 g/mol. The summed E-state index contributed by atoms with van der Waals surface area (Å²) in [5, 5.41) is 18.7. The molecule has 3 aliphatic rings. The van der Waals surface area contributed by atoms with Gasteiger partial charge < -0.3 is 34.7 Å². The topological polar surface area (TPSA) is 170 Å². The molecule has 1 aromatic carbocycles. The number of nitrogens with zero attached hydrogens (tertiary/aromatic N) is 5. The van der Waals surface area contributed by atoms with Crippen LogP contribution in [0, 0.1) is 11.6 Å². The molecule has 0 spiro atoms. The van der Waals surface area contributed by atoms with Crippen LogP contribution in [0.5, 0.6) is 5.75 Å². The molecule has 0 radical (unpaired) electrons. The molecule has 4 aromatic rings. The van der Waals surface area contributed by atoms with Gasteiger partial charge in [-0.2, -0.15) is 13.2 Å². The van der Waals surface area contributed by atoms with Crippen molar-refractivity contribution in [3.05, 3.63) is 77.4 Å². The predicted octanol–water partition coefficient (Wildman–Crippen LogP) is 5.41. The van der Waals surface area contributed by atoms with Crippen LogP contribution in [0.1, 0.15) is 86.5 Å². The number of nitrogens with one attached hydrogen (secondary N) is 3. The highest BCUT2D eigenvalue weighted by molar-refractivity contribution is 6.06. The summed E-state index contributed by atoms with van der Waals surface area (Å²) in [7, 11) is 0. The molecule has 7 rings (SSSR count). The molecule has 4 amide bonds. The van der Waals surface area contributed by atoms with Crippen LogP contribution in [0.3, 0.4) is 0 Å². The second-order valence-electron chi connectivity index (χ2n) is 15.5. The summed E-state index contributed by atoms with van der Waals surface area (Å²) in [6.07, 6.45) is -0.223. The van der Waals surface area contributed by atoms with Crippen molar-refractivity contribution in [3.63, 3.8) is 0 Å². The zero-order valence-electron chi connectivity index (χ0n) is 32.2. The number of piperidine rings is 3. The molecular weight excluding hydrogens is 783 g/mol. The molecule has 0 saturated carbocycles. The second-order valence-corrected chi connectivity index (χ2v) is 15.5.